The third-order valence-corrected chi connectivity index (χ3v) is 4.11. The van der Waals surface area contributed by atoms with Crippen molar-refractivity contribution in [2.75, 3.05) is 13.1 Å². The summed E-state index contributed by atoms with van der Waals surface area (Å²) in [6.45, 7) is 0.857. The molecule has 0 unspecified atom stereocenters. The Balaban J connectivity index is 1.44. The van der Waals surface area contributed by atoms with Gasteiger partial charge in [-0.05, 0) is 49.2 Å². The van der Waals surface area contributed by atoms with Gasteiger partial charge in [0.15, 0.2) is 0 Å². The Morgan fingerprint density at radius 2 is 1.54 bits per heavy atom. The highest BCUT2D eigenvalue weighted by atomic mass is 16.2. The minimum atomic E-state index is -0.485. The van der Waals surface area contributed by atoms with Crippen LogP contribution in [-0.2, 0) is 0 Å². The molecule has 0 aromatic heterocycles. The van der Waals surface area contributed by atoms with Gasteiger partial charge in [0.2, 0.25) is 5.91 Å². The number of unbranched alkanes of at least 4 members (excludes halogenated alkanes) is 1. The maximum absolute atomic E-state index is 12.2. The van der Waals surface area contributed by atoms with E-state index in [1.807, 2.05) is 0 Å². The number of carbonyl (C=O) groups excluding carboxylic acids is 3. The van der Waals surface area contributed by atoms with Crippen LogP contribution in [0.2, 0.25) is 0 Å². The number of carbonyl (C=O) groups is 3. The Labute approximate surface area is 150 Å². The molecule has 0 atom stereocenters. The van der Waals surface area contributed by atoms with Crippen molar-refractivity contribution in [2.24, 2.45) is 16.0 Å². The van der Waals surface area contributed by atoms with Crippen molar-refractivity contribution < 1.29 is 14.4 Å². The summed E-state index contributed by atoms with van der Waals surface area (Å²) in [6.07, 6.45) is 1.36. The van der Waals surface area contributed by atoms with Crippen LogP contribution in [0.25, 0.3) is 0 Å². The molecule has 3 rings (SSSR count). The smallest absolute Gasteiger partial charge is 0.261 e. The number of nitrogens with zero attached hydrogens (tertiary/aromatic N) is 3. The maximum Gasteiger partial charge on any atom is 0.261 e. The van der Waals surface area contributed by atoms with Gasteiger partial charge in [0, 0.05) is 12.1 Å². The number of azo groups is 1. The van der Waals surface area contributed by atoms with Crippen LogP contribution < -0.4 is 5.73 Å². The maximum atomic E-state index is 12.2. The zero-order valence-corrected chi connectivity index (χ0v) is 14.1. The Morgan fingerprint density at radius 3 is 2.12 bits per heavy atom. The molecule has 0 radical (unpaired) electrons. The van der Waals surface area contributed by atoms with Crippen LogP contribution in [0.15, 0.2) is 58.8 Å². The Kier molecular flexibility index (Phi) is 5.17. The molecule has 26 heavy (non-hydrogen) atoms. The second-order valence-corrected chi connectivity index (χ2v) is 5.89. The minimum Gasteiger partial charge on any atom is -0.366 e. The summed E-state index contributed by atoms with van der Waals surface area (Å²) in [5.41, 5.74) is 7.17. The lowest BCUT2D eigenvalue weighted by molar-refractivity contribution is 0.0651. The van der Waals surface area contributed by atoms with Gasteiger partial charge >= 0.3 is 0 Å². The quantitative estimate of drug-likeness (QED) is 0.471. The normalized spacial score (nSPS) is 13.5. The Hall–Kier alpha value is -3.35. The summed E-state index contributed by atoms with van der Waals surface area (Å²) in [5, 5.41) is 8.14. The van der Waals surface area contributed by atoms with Crippen molar-refractivity contribution >= 4 is 23.4 Å². The van der Waals surface area contributed by atoms with Gasteiger partial charge in [-0.1, -0.05) is 12.1 Å². The van der Waals surface area contributed by atoms with Gasteiger partial charge in [0.05, 0.1) is 23.4 Å². The molecule has 0 spiro atoms. The van der Waals surface area contributed by atoms with E-state index in [2.05, 4.69) is 10.2 Å². The van der Waals surface area contributed by atoms with Crippen LogP contribution in [-0.4, -0.2) is 35.7 Å². The van der Waals surface area contributed by atoms with Crippen LogP contribution in [0, 0.1) is 0 Å². The number of hydrogen-bond acceptors (Lipinski definition) is 5. The van der Waals surface area contributed by atoms with Gasteiger partial charge in [-0.2, -0.15) is 10.2 Å². The molecule has 7 nitrogen and oxygen atoms in total. The molecule has 1 heterocycles. The molecular formula is C19H18N4O3. The highest BCUT2D eigenvalue weighted by molar-refractivity contribution is 6.21. The number of benzene rings is 2. The lowest BCUT2D eigenvalue weighted by atomic mass is 10.1. The highest BCUT2D eigenvalue weighted by Gasteiger charge is 2.34. The molecule has 0 bridgehead atoms. The molecule has 0 fully saturated rings. The minimum absolute atomic E-state index is 0.234. The van der Waals surface area contributed by atoms with E-state index in [9.17, 15) is 14.4 Å². The van der Waals surface area contributed by atoms with E-state index in [4.69, 9.17) is 5.73 Å². The van der Waals surface area contributed by atoms with Crippen LogP contribution in [0.1, 0.15) is 43.9 Å². The monoisotopic (exact) mass is 350 g/mol. The van der Waals surface area contributed by atoms with E-state index < -0.39 is 5.91 Å². The van der Waals surface area contributed by atoms with Crippen LogP contribution in [0.3, 0.4) is 0 Å². The molecule has 0 saturated carbocycles. The fraction of sp³-hybridized carbons (Fsp3) is 0.211. The van der Waals surface area contributed by atoms with Crippen LogP contribution >= 0.6 is 0 Å². The molecule has 2 aromatic rings. The van der Waals surface area contributed by atoms with E-state index in [-0.39, 0.29) is 11.8 Å². The van der Waals surface area contributed by atoms with Crippen molar-refractivity contribution in [1.29, 1.82) is 0 Å². The number of primary amides is 1. The molecule has 132 valence electrons. The average Bonchev–Trinajstić information content (AvgIpc) is 2.90. The highest BCUT2D eigenvalue weighted by Crippen LogP contribution is 2.22. The van der Waals surface area contributed by atoms with E-state index in [0.29, 0.717) is 48.3 Å². The number of fused-ring (bicyclic) bond motifs is 1. The fourth-order valence-electron chi connectivity index (χ4n) is 2.72. The molecule has 0 aliphatic carbocycles. The molecule has 7 heteroatoms. The number of imide groups is 1. The third kappa shape index (κ3) is 3.66. The second kappa shape index (κ2) is 7.69. The molecule has 2 N–H and O–H groups in total. The summed E-state index contributed by atoms with van der Waals surface area (Å²) in [6, 6.07) is 13.4. The number of amides is 3. The summed E-state index contributed by atoms with van der Waals surface area (Å²) in [7, 11) is 0. The van der Waals surface area contributed by atoms with E-state index in [0.717, 1.165) is 0 Å². The van der Waals surface area contributed by atoms with Gasteiger partial charge in [0.25, 0.3) is 11.8 Å². The predicted molar refractivity (Wildman–Crippen MR) is 95.4 cm³/mol. The standard InChI is InChI=1S/C19H18N4O3/c20-17(24)13-7-9-14(10-8-13)22-21-11-3-4-12-23-18(25)15-5-1-2-6-16(15)19(23)26/h1-2,5-10H,3-4,11-12H2,(H2,20,24). The van der Waals surface area contributed by atoms with Gasteiger partial charge in [-0.3, -0.25) is 19.3 Å². The van der Waals surface area contributed by atoms with Crippen molar-refractivity contribution in [1.82, 2.24) is 4.90 Å². The Bertz CT molecular complexity index is 840. The number of rotatable bonds is 7. The summed E-state index contributed by atoms with van der Waals surface area (Å²) in [4.78, 5) is 36.7. The van der Waals surface area contributed by atoms with Crippen molar-refractivity contribution in [3.8, 4) is 0 Å². The van der Waals surface area contributed by atoms with Crippen LogP contribution in [0.5, 0.6) is 0 Å². The lowest BCUT2D eigenvalue weighted by Gasteiger charge is -2.12. The SMILES string of the molecule is NC(=O)c1ccc(N=NCCCCN2C(=O)c3ccccc3C2=O)cc1. The number of hydrogen-bond donors (Lipinski definition) is 1. The molecule has 3 amide bonds. The first-order valence-electron chi connectivity index (χ1n) is 8.30. The van der Waals surface area contributed by atoms with E-state index in [1.165, 1.54) is 4.90 Å². The van der Waals surface area contributed by atoms with Crippen molar-refractivity contribution in [2.45, 2.75) is 12.8 Å². The first-order valence-corrected chi connectivity index (χ1v) is 8.30. The van der Waals surface area contributed by atoms with Gasteiger partial charge < -0.3 is 5.73 Å². The largest absolute Gasteiger partial charge is 0.366 e. The summed E-state index contributed by atoms with van der Waals surface area (Å²) >= 11 is 0. The predicted octanol–water partition coefficient (Wildman–Crippen LogP) is 2.95. The van der Waals surface area contributed by atoms with Gasteiger partial charge in [-0.25, -0.2) is 0 Å². The fourth-order valence-corrected chi connectivity index (χ4v) is 2.72. The van der Waals surface area contributed by atoms with E-state index >= 15 is 0 Å². The molecule has 0 saturated heterocycles. The van der Waals surface area contributed by atoms with Crippen LogP contribution in [0.4, 0.5) is 5.69 Å². The molecule has 1 aliphatic rings. The van der Waals surface area contributed by atoms with Gasteiger partial charge in [-0.15, -0.1) is 0 Å². The zero-order valence-electron chi connectivity index (χ0n) is 14.1. The van der Waals surface area contributed by atoms with Crippen molar-refractivity contribution in [3.05, 3.63) is 65.2 Å². The molecule has 1 aliphatic heterocycles. The van der Waals surface area contributed by atoms with Crippen molar-refractivity contribution in [3.63, 3.8) is 0 Å². The topological polar surface area (TPSA) is 105 Å². The summed E-state index contributed by atoms with van der Waals surface area (Å²) in [5.74, 6) is -0.954. The van der Waals surface area contributed by atoms with Gasteiger partial charge in [0.1, 0.15) is 0 Å². The average molecular weight is 350 g/mol. The first-order chi connectivity index (χ1) is 12.6. The first kappa shape index (κ1) is 17.5. The second-order valence-electron chi connectivity index (χ2n) is 5.89. The lowest BCUT2D eigenvalue weighted by Crippen LogP contribution is -2.30. The Morgan fingerprint density at radius 1 is 0.923 bits per heavy atom. The summed E-state index contributed by atoms with van der Waals surface area (Å²) < 4.78 is 0. The molecule has 2 aromatic carbocycles. The third-order valence-electron chi connectivity index (χ3n) is 4.11. The zero-order chi connectivity index (χ0) is 18.5. The van der Waals surface area contributed by atoms with E-state index in [1.54, 1.807) is 48.5 Å². The number of nitrogens with two attached hydrogens (primary N) is 1. The molecular weight excluding hydrogens is 332 g/mol.